The van der Waals surface area contributed by atoms with Crippen molar-refractivity contribution in [2.45, 2.75) is 5.54 Å². The Morgan fingerprint density at radius 2 is 1.22 bits per heavy atom. The molecule has 1 aliphatic heterocycles. The summed E-state index contributed by atoms with van der Waals surface area (Å²) in [6.45, 7) is 0. The summed E-state index contributed by atoms with van der Waals surface area (Å²) >= 11 is 0. The average Bonchev–Trinajstić information content (AvgIpc) is 2.62. The van der Waals surface area contributed by atoms with E-state index >= 15 is 0 Å². The van der Waals surface area contributed by atoms with Crippen LogP contribution in [-0.2, 0) is 5.54 Å². The van der Waals surface area contributed by atoms with E-state index in [9.17, 15) is 4.79 Å². The highest BCUT2D eigenvalue weighted by Gasteiger charge is 2.43. The molecule has 4 rings (SSSR count). The fourth-order valence-electron chi connectivity index (χ4n) is 3.21. The molecule has 0 aliphatic carbocycles. The van der Waals surface area contributed by atoms with Gasteiger partial charge < -0.3 is 10.1 Å². The largest absolute Gasteiger partial charge is 0.413 e. The zero-order valence-electron chi connectivity index (χ0n) is 12.4. The van der Waals surface area contributed by atoms with E-state index in [-0.39, 0.29) is 0 Å². The van der Waals surface area contributed by atoms with Crippen molar-refractivity contribution >= 4 is 6.09 Å². The van der Waals surface area contributed by atoms with Crippen LogP contribution >= 0.6 is 0 Å². The van der Waals surface area contributed by atoms with E-state index < -0.39 is 11.6 Å². The van der Waals surface area contributed by atoms with Crippen LogP contribution in [0.1, 0.15) is 16.7 Å². The molecule has 1 aliphatic rings. The third kappa shape index (κ3) is 2.09. The third-order valence-corrected chi connectivity index (χ3v) is 4.20. The quantitative estimate of drug-likeness (QED) is 0.774. The van der Waals surface area contributed by atoms with Gasteiger partial charge in [0.2, 0.25) is 0 Å². The number of benzene rings is 3. The van der Waals surface area contributed by atoms with E-state index in [0.717, 1.165) is 16.7 Å². The van der Waals surface area contributed by atoms with Gasteiger partial charge in [-0.1, -0.05) is 78.9 Å². The number of ether oxygens (including phenoxy) is 1. The van der Waals surface area contributed by atoms with Gasteiger partial charge in [0.1, 0.15) is 11.3 Å². The molecule has 1 heterocycles. The summed E-state index contributed by atoms with van der Waals surface area (Å²) in [5.41, 5.74) is 2.16. The topological polar surface area (TPSA) is 38.3 Å². The molecule has 0 aromatic heterocycles. The lowest BCUT2D eigenvalue weighted by Gasteiger charge is -2.40. The highest BCUT2D eigenvalue weighted by atomic mass is 16.6. The standard InChI is InChI=1S/C20H15NO2/c22-19-21-20(15-9-3-1-4-10-15,16-11-5-2-6-12-16)17-13-7-8-14-18(17)23-19/h1-14H,(H,21,22). The van der Waals surface area contributed by atoms with Gasteiger partial charge in [0.05, 0.1) is 0 Å². The van der Waals surface area contributed by atoms with Crippen molar-refractivity contribution in [3.63, 3.8) is 0 Å². The summed E-state index contributed by atoms with van der Waals surface area (Å²) in [5.74, 6) is 0.587. The number of hydrogen-bond acceptors (Lipinski definition) is 2. The minimum absolute atomic E-state index is 0.448. The number of hydrogen-bond donors (Lipinski definition) is 1. The molecule has 3 aromatic rings. The number of nitrogens with one attached hydrogen (secondary N) is 1. The van der Waals surface area contributed by atoms with Crippen LogP contribution in [-0.4, -0.2) is 6.09 Å². The van der Waals surface area contributed by atoms with Gasteiger partial charge in [0.15, 0.2) is 0 Å². The predicted molar refractivity (Wildman–Crippen MR) is 88.4 cm³/mol. The third-order valence-electron chi connectivity index (χ3n) is 4.20. The Kier molecular flexibility index (Phi) is 3.12. The SMILES string of the molecule is O=C1NC(c2ccccc2)(c2ccccc2)c2ccccc2O1. The number of fused-ring (bicyclic) bond motifs is 1. The molecule has 0 atom stereocenters. The average molecular weight is 301 g/mol. The molecule has 0 saturated carbocycles. The zero-order chi connectivity index (χ0) is 15.7. The Hall–Kier alpha value is -3.07. The monoisotopic (exact) mass is 301 g/mol. The first-order chi connectivity index (χ1) is 11.3. The highest BCUT2D eigenvalue weighted by molar-refractivity contribution is 5.78. The summed E-state index contributed by atoms with van der Waals surface area (Å²) in [7, 11) is 0. The van der Waals surface area contributed by atoms with Gasteiger partial charge in [-0.15, -0.1) is 0 Å². The second-order valence-electron chi connectivity index (χ2n) is 5.49. The second kappa shape index (κ2) is 5.29. The van der Waals surface area contributed by atoms with Gasteiger partial charge in [-0.3, -0.25) is 0 Å². The van der Waals surface area contributed by atoms with E-state index in [1.165, 1.54) is 0 Å². The van der Waals surface area contributed by atoms with Crippen molar-refractivity contribution in [2.75, 3.05) is 0 Å². The minimum Gasteiger partial charge on any atom is -0.410 e. The first-order valence-corrected chi connectivity index (χ1v) is 7.51. The lowest BCUT2D eigenvalue weighted by Crippen LogP contribution is -2.52. The first kappa shape index (κ1) is 13.6. The fourth-order valence-corrected chi connectivity index (χ4v) is 3.21. The van der Waals surface area contributed by atoms with Crippen molar-refractivity contribution in [1.82, 2.24) is 5.32 Å². The molecule has 3 nitrogen and oxygen atoms in total. The Labute approximate surface area is 134 Å². The molecule has 112 valence electrons. The summed E-state index contributed by atoms with van der Waals surface area (Å²) < 4.78 is 5.38. The Morgan fingerprint density at radius 3 is 1.83 bits per heavy atom. The Balaban J connectivity index is 2.07. The van der Waals surface area contributed by atoms with E-state index in [2.05, 4.69) is 5.32 Å². The maximum atomic E-state index is 12.3. The molecular formula is C20H15NO2. The summed E-state index contributed by atoms with van der Waals surface area (Å²) in [6.07, 6.45) is -0.448. The molecule has 3 heteroatoms. The molecule has 1 N–H and O–H groups in total. The molecule has 1 amide bonds. The van der Waals surface area contributed by atoms with Gasteiger partial charge >= 0.3 is 6.09 Å². The highest BCUT2D eigenvalue weighted by Crippen LogP contribution is 2.43. The van der Waals surface area contributed by atoms with E-state index in [1.807, 2.05) is 84.9 Å². The predicted octanol–water partition coefficient (Wildman–Crippen LogP) is 4.08. The van der Waals surface area contributed by atoms with Gasteiger partial charge in [-0.05, 0) is 17.2 Å². The first-order valence-electron chi connectivity index (χ1n) is 7.51. The molecule has 0 unspecified atom stereocenters. The number of carbonyl (C=O) groups is 1. The molecule has 0 fully saturated rings. The van der Waals surface area contributed by atoms with Crippen LogP contribution in [0.4, 0.5) is 4.79 Å². The van der Waals surface area contributed by atoms with Gasteiger partial charge in [0, 0.05) is 5.56 Å². The molecule has 3 aromatic carbocycles. The van der Waals surface area contributed by atoms with E-state index in [4.69, 9.17) is 4.74 Å². The van der Waals surface area contributed by atoms with Crippen LogP contribution in [0.15, 0.2) is 84.9 Å². The van der Waals surface area contributed by atoms with Crippen LogP contribution in [0.3, 0.4) is 0 Å². The molecular weight excluding hydrogens is 286 g/mol. The summed E-state index contributed by atoms with van der Waals surface area (Å²) in [6, 6.07) is 27.6. The molecule has 0 spiro atoms. The lowest BCUT2D eigenvalue weighted by atomic mass is 9.76. The van der Waals surface area contributed by atoms with Crippen molar-refractivity contribution in [2.24, 2.45) is 0 Å². The Morgan fingerprint density at radius 1 is 0.696 bits per heavy atom. The Bertz CT molecular complexity index is 804. The number of carbonyl (C=O) groups excluding carboxylic acids is 1. The maximum Gasteiger partial charge on any atom is 0.413 e. The van der Waals surface area contributed by atoms with Crippen molar-refractivity contribution in [3.8, 4) is 5.75 Å². The number of rotatable bonds is 2. The van der Waals surface area contributed by atoms with Crippen LogP contribution < -0.4 is 10.1 Å². The smallest absolute Gasteiger partial charge is 0.410 e. The maximum absolute atomic E-state index is 12.3. The fraction of sp³-hybridized carbons (Fsp3) is 0.0500. The van der Waals surface area contributed by atoms with Crippen molar-refractivity contribution < 1.29 is 9.53 Å². The van der Waals surface area contributed by atoms with Crippen LogP contribution in [0.5, 0.6) is 5.75 Å². The molecule has 0 saturated heterocycles. The molecule has 0 radical (unpaired) electrons. The van der Waals surface area contributed by atoms with Crippen LogP contribution in [0.25, 0.3) is 0 Å². The lowest BCUT2D eigenvalue weighted by molar-refractivity contribution is 0.183. The molecule has 0 bridgehead atoms. The normalized spacial score (nSPS) is 15.2. The van der Waals surface area contributed by atoms with Crippen LogP contribution in [0, 0.1) is 0 Å². The summed E-state index contributed by atoms with van der Waals surface area (Å²) in [5, 5.41) is 3.06. The van der Waals surface area contributed by atoms with Gasteiger partial charge in [-0.2, -0.15) is 0 Å². The van der Waals surface area contributed by atoms with Gasteiger partial charge in [0.25, 0.3) is 0 Å². The number of amides is 1. The van der Waals surface area contributed by atoms with E-state index in [1.54, 1.807) is 0 Å². The van der Waals surface area contributed by atoms with Crippen molar-refractivity contribution in [3.05, 3.63) is 102 Å². The summed E-state index contributed by atoms with van der Waals surface area (Å²) in [4.78, 5) is 12.3. The van der Waals surface area contributed by atoms with Crippen LogP contribution in [0.2, 0.25) is 0 Å². The molecule has 23 heavy (non-hydrogen) atoms. The van der Waals surface area contributed by atoms with E-state index in [0.29, 0.717) is 5.75 Å². The minimum atomic E-state index is -0.756. The zero-order valence-corrected chi connectivity index (χ0v) is 12.4. The van der Waals surface area contributed by atoms with Crippen molar-refractivity contribution in [1.29, 1.82) is 0 Å². The second-order valence-corrected chi connectivity index (χ2v) is 5.49. The number of para-hydroxylation sites is 1. The van der Waals surface area contributed by atoms with Gasteiger partial charge in [-0.25, -0.2) is 4.79 Å².